The fraction of sp³-hybridized carbons (Fsp3) is 0.429. The molecule has 3 N–H and O–H groups in total. The molecule has 2 rings (SSSR count). The first kappa shape index (κ1) is 13.4. The highest BCUT2D eigenvalue weighted by Gasteiger charge is 2.21. The fourth-order valence-corrected chi connectivity index (χ4v) is 2.13. The van der Waals surface area contributed by atoms with Gasteiger partial charge in [0.05, 0.1) is 11.6 Å². The van der Waals surface area contributed by atoms with E-state index in [0.717, 1.165) is 25.7 Å². The summed E-state index contributed by atoms with van der Waals surface area (Å²) < 4.78 is 5.33. The van der Waals surface area contributed by atoms with Crippen LogP contribution in [-0.2, 0) is 4.74 Å². The van der Waals surface area contributed by atoms with Crippen LogP contribution in [0.1, 0.15) is 31.2 Å². The zero-order valence-corrected chi connectivity index (χ0v) is 10.6. The van der Waals surface area contributed by atoms with Gasteiger partial charge >= 0.3 is 6.09 Å². The Morgan fingerprint density at radius 2 is 1.89 bits per heavy atom. The monoisotopic (exact) mass is 259 g/mol. The van der Waals surface area contributed by atoms with Crippen LogP contribution in [0.3, 0.4) is 0 Å². The Balaban J connectivity index is 1.82. The molecule has 0 saturated heterocycles. The number of nitrogens with zero attached hydrogens (tertiary/aromatic N) is 1. The predicted molar refractivity (Wildman–Crippen MR) is 71.5 cm³/mol. The van der Waals surface area contributed by atoms with E-state index >= 15 is 0 Å². The maximum Gasteiger partial charge on any atom is 0.411 e. The summed E-state index contributed by atoms with van der Waals surface area (Å²) in [5.74, 6) is 0. The third kappa shape index (κ3) is 3.97. The number of ether oxygens (including phenoxy) is 1. The lowest BCUT2D eigenvalue weighted by atomic mass is 9.94. The van der Waals surface area contributed by atoms with Crippen molar-refractivity contribution in [2.75, 3.05) is 5.32 Å². The van der Waals surface area contributed by atoms with E-state index in [2.05, 4.69) is 5.32 Å². The minimum Gasteiger partial charge on any atom is -0.446 e. The average Bonchev–Trinajstić information content (AvgIpc) is 2.42. The number of benzene rings is 1. The molecule has 0 heterocycles. The molecule has 0 atom stereocenters. The van der Waals surface area contributed by atoms with Gasteiger partial charge in [0.15, 0.2) is 0 Å². The molecule has 0 aromatic heterocycles. The molecular formula is C14H17N3O2. The van der Waals surface area contributed by atoms with Gasteiger partial charge in [-0.3, -0.25) is 5.32 Å². The summed E-state index contributed by atoms with van der Waals surface area (Å²) in [7, 11) is 0. The lowest BCUT2D eigenvalue weighted by molar-refractivity contribution is 0.0826. The molecule has 1 fully saturated rings. The van der Waals surface area contributed by atoms with E-state index in [0.29, 0.717) is 11.3 Å². The first-order valence-corrected chi connectivity index (χ1v) is 6.41. The molecule has 1 aliphatic carbocycles. The quantitative estimate of drug-likeness (QED) is 0.853. The molecule has 1 aliphatic rings. The van der Waals surface area contributed by atoms with Gasteiger partial charge in [-0.05, 0) is 49.9 Å². The maximum atomic E-state index is 11.7. The van der Waals surface area contributed by atoms with Crippen LogP contribution >= 0.6 is 0 Å². The number of hydrogen-bond donors (Lipinski definition) is 2. The molecule has 5 nitrogen and oxygen atoms in total. The first-order chi connectivity index (χ1) is 9.17. The van der Waals surface area contributed by atoms with E-state index in [-0.39, 0.29) is 12.1 Å². The zero-order valence-electron chi connectivity index (χ0n) is 10.6. The van der Waals surface area contributed by atoms with Crippen LogP contribution in [0.25, 0.3) is 0 Å². The van der Waals surface area contributed by atoms with Gasteiger partial charge in [0.2, 0.25) is 0 Å². The predicted octanol–water partition coefficient (Wildman–Crippen LogP) is 2.38. The number of nitrogens with two attached hydrogens (primary N) is 1. The van der Waals surface area contributed by atoms with Gasteiger partial charge in [0.25, 0.3) is 0 Å². The molecular weight excluding hydrogens is 242 g/mol. The van der Waals surface area contributed by atoms with Crippen molar-refractivity contribution in [3.8, 4) is 6.07 Å². The van der Waals surface area contributed by atoms with Crippen LogP contribution in [0.2, 0.25) is 0 Å². The number of nitrogens with one attached hydrogen (secondary N) is 1. The van der Waals surface area contributed by atoms with Gasteiger partial charge < -0.3 is 10.5 Å². The van der Waals surface area contributed by atoms with Crippen molar-refractivity contribution in [2.45, 2.75) is 37.8 Å². The lowest BCUT2D eigenvalue weighted by Gasteiger charge is -2.25. The van der Waals surface area contributed by atoms with Gasteiger partial charge in [-0.15, -0.1) is 0 Å². The average molecular weight is 259 g/mol. The van der Waals surface area contributed by atoms with E-state index in [1.54, 1.807) is 24.3 Å². The summed E-state index contributed by atoms with van der Waals surface area (Å²) in [5, 5.41) is 11.3. The van der Waals surface area contributed by atoms with Crippen LogP contribution in [0.4, 0.5) is 10.5 Å². The van der Waals surface area contributed by atoms with Crippen LogP contribution in [0.5, 0.6) is 0 Å². The standard InChI is InChI=1S/C14H17N3O2/c15-9-10-1-5-12(6-2-10)17-14(18)19-13-7-3-11(16)4-8-13/h1-2,5-6,11,13H,3-4,7-8,16H2,(H,17,18). The minimum absolute atomic E-state index is 0.0434. The van der Waals surface area contributed by atoms with Crippen molar-refractivity contribution in [1.29, 1.82) is 5.26 Å². The van der Waals surface area contributed by atoms with Crippen LogP contribution in [-0.4, -0.2) is 18.2 Å². The van der Waals surface area contributed by atoms with Gasteiger partial charge in [0.1, 0.15) is 6.10 Å². The highest BCUT2D eigenvalue weighted by molar-refractivity contribution is 5.84. The third-order valence-electron chi connectivity index (χ3n) is 3.25. The highest BCUT2D eigenvalue weighted by atomic mass is 16.6. The van der Waals surface area contributed by atoms with Crippen LogP contribution < -0.4 is 11.1 Å². The van der Waals surface area contributed by atoms with E-state index in [4.69, 9.17) is 15.7 Å². The summed E-state index contributed by atoms with van der Waals surface area (Å²) in [6, 6.07) is 8.91. The van der Waals surface area contributed by atoms with Gasteiger partial charge in [0, 0.05) is 11.7 Å². The molecule has 1 aromatic rings. The normalized spacial score (nSPS) is 22.3. The summed E-state index contributed by atoms with van der Waals surface area (Å²) in [6.07, 6.45) is 2.94. The van der Waals surface area contributed by atoms with Crippen LogP contribution in [0.15, 0.2) is 24.3 Å². The number of rotatable bonds is 2. The van der Waals surface area contributed by atoms with Crippen molar-refractivity contribution >= 4 is 11.8 Å². The minimum atomic E-state index is -0.454. The maximum absolute atomic E-state index is 11.7. The van der Waals surface area contributed by atoms with Crippen molar-refractivity contribution in [3.63, 3.8) is 0 Å². The largest absolute Gasteiger partial charge is 0.446 e. The summed E-state index contributed by atoms with van der Waals surface area (Å²) in [5.41, 5.74) is 6.97. The molecule has 0 unspecified atom stereocenters. The second-order valence-corrected chi connectivity index (χ2v) is 4.76. The van der Waals surface area contributed by atoms with Gasteiger partial charge in [-0.2, -0.15) is 5.26 Å². The molecule has 1 aromatic carbocycles. The molecule has 0 radical (unpaired) electrons. The molecule has 1 saturated carbocycles. The zero-order chi connectivity index (χ0) is 13.7. The molecule has 0 spiro atoms. The van der Waals surface area contributed by atoms with Crippen molar-refractivity contribution in [3.05, 3.63) is 29.8 Å². The molecule has 5 heteroatoms. The number of carbonyl (C=O) groups is 1. The highest BCUT2D eigenvalue weighted by Crippen LogP contribution is 2.20. The number of nitriles is 1. The molecule has 1 amide bonds. The van der Waals surface area contributed by atoms with Crippen molar-refractivity contribution < 1.29 is 9.53 Å². The lowest BCUT2D eigenvalue weighted by Crippen LogP contribution is -2.32. The topological polar surface area (TPSA) is 88.1 Å². The summed E-state index contributed by atoms with van der Waals surface area (Å²) >= 11 is 0. The van der Waals surface area contributed by atoms with Crippen molar-refractivity contribution in [2.24, 2.45) is 5.73 Å². The number of hydrogen-bond acceptors (Lipinski definition) is 4. The number of anilines is 1. The number of amides is 1. The van der Waals surface area contributed by atoms with E-state index in [1.165, 1.54) is 0 Å². The Morgan fingerprint density at radius 1 is 1.26 bits per heavy atom. The van der Waals surface area contributed by atoms with Crippen LogP contribution in [0, 0.1) is 11.3 Å². The van der Waals surface area contributed by atoms with Crippen molar-refractivity contribution in [1.82, 2.24) is 0 Å². The van der Waals surface area contributed by atoms with Gasteiger partial charge in [-0.1, -0.05) is 0 Å². The Hall–Kier alpha value is -2.06. The smallest absolute Gasteiger partial charge is 0.411 e. The SMILES string of the molecule is N#Cc1ccc(NC(=O)OC2CCC(N)CC2)cc1. The summed E-state index contributed by atoms with van der Waals surface area (Å²) in [6.45, 7) is 0. The van der Waals surface area contributed by atoms with E-state index < -0.39 is 6.09 Å². The Bertz CT molecular complexity index is 470. The Kier molecular flexibility index (Phi) is 4.37. The third-order valence-corrected chi connectivity index (χ3v) is 3.25. The Labute approximate surface area is 112 Å². The second-order valence-electron chi connectivity index (χ2n) is 4.76. The first-order valence-electron chi connectivity index (χ1n) is 6.41. The van der Waals surface area contributed by atoms with E-state index in [1.807, 2.05) is 6.07 Å². The summed E-state index contributed by atoms with van der Waals surface area (Å²) in [4.78, 5) is 11.7. The van der Waals surface area contributed by atoms with Gasteiger partial charge in [-0.25, -0.2) is 4.79 Å². The molecule has 100 valence electrons. The second kappa shape index (κ2) is 6.21. The Morgan fingerprint density at radius 3 is 2.47 bits per heavy atom. The number of carbonyl (C=O) groups excluding carboxylic acids is 1. The fourth-order valence-electron chi connectivity index (χ4n) is 2.13. The molecule has 0 bridgehead atoms. The molecule has 0 aliphatic heterocycles. The van der Waals surface area contributed by atoms with E-state index in [9.17, 15) is 4.79 Å². The molecule has 19 heavy (non-hydrogen) atoms.